The van der Waals surface area contributed by atoms with Crippen LogP contribution in [0.25, 0.3) is 0 Å². The number of rotatable bonds is 7. The van der Waals surface area contributed by atoms with E-state index < -0.39 is 17.5 Å². The number of carbonyl (C=O) groups is 1. The van der Waals surface area contributed by atoms with Crippen LogP contribution in [-0.4, -0.2) is 41.0 Å². The molecule has 3 aliphatic rings. The summed E-state index contributed by atoms with van der Waals surface area (Å²) in [4.78, 5) is 28.3. The van der Waals surface area contributed by atoms with Crippen molar-refractivity contribution < 1.29 is 19.2 Å². The van der Waals surface area contributed by atoms with Gasteiger partial charge in [-0.05, 0) is 56.0 Å². The van der Waals surface area contributed by atoms with Crippen LogP contribution < -0.4 is 14.8 Å². The molecular weight excluding hydrogens is 482 g/mol. The largest absolute Gasteiger partial charge is 0.490 e. The van der Waals surface area contributed by atoms with E-state index in [1.165, 1.54) is 5.56 Å². The van der Waals surface area contributed by atoms with E-state index in [-0.39, 0.29) is 16.9 Å². The summed E-state index contributed by atoms with van der Waals surface area (Å²) < 4.78 is 12.1. The van der Waals surface area contributed by atoms with Crippen molar-refractivity contribution >= 4 is 11.6 Å². The molecular formula is C30H31N3O5. The molecule has 0 saturated carbocycles. The Labute approximate surface area is 221 Å². The molecule has 1 amide bonds. The molecule has 1 spiro atoms. The molecule has 4 atom stereocenters. The number of fused-ring (bicyclic) bond motifs is 4. The first-order valence-corrected chi connectivity index (χ1v) is 13.2. The van der Waals surface area contributed by atoms with Gasteiger partial charge < -0.3 is 14.8 Å². The summed E-state index contributed by atoms with van der Waals surface area (Å²) in [7, 11) is 0. The lowest BCUT2D eigenvalue weighted by Gasteiger charge is -2.32. The van der Waals surface area contributed by atoms with E-state index >= 15 is 0 Å². The summed E-state index contributed by atoms with van der Waals surface area (Å²) in [6.45, 7) is 5.41. The van der Waals surface area contributed by atoms with Crippen molar-refractivity contribution in [2.24, 2.45) is 0 Å². The van der Waals surface area contributed by atoms with Crippen molar-refractivity contribution in [1.29, 1.82) is 0 Å². The number of hydrogen-bond donors (Lipinski definition) is 1. The van der Waals surface area contributed by atoms with Gasteiger partial charge in [0, 0.05) is 28.8 Å². The Balaban J connectivity index is 1.40. The Morgan fingerprint density at radius 1 is 1.08 bits per heavy atom. The molecule has 3 aliphatic heterocycles. The van der Waals surface area contributed by atoms with Crippen molar-refractivity contribution in [3.63, 3.8) is 0 Å². The molecule has 3 aromatic carbocycles. The molecule has 2 saturated heterocycles. The Bertz CT molecular complexity index is 1390. The minimum Gasteiger partial charge on any atom is -0.490 e. The quantitative estimate of drug-likeness (QED) is 0.352. The van der Waals surface area contributed by atoms with Crippen molar-refractivity contribution in [2.45, 2.75) is 56.8 Å². The normalized spacial score (nSPS) is 25.7. The molecule has 6 rings (SSSR count). The molecule has 8 heteroatoms. The number of hydrogen-bond acceptors (Lipinski definition) is 6. The zero-order chi connectivity index (χ0) is 26.4. The smallest absolute Gasteiger partial charge is 0.256 e. The van der Waals surface area contributed by atoms with Crippen LogP contribution in [0.1, 0.15) is 47.9 Å². The number of nitro groups is 1. The molecule has 3 heterocycles. The molecule has 0 aromatic heterocycles. The number of ether oxygens (including phenoxy) is 2. The van der Waals surface area contributed by atoms with E-state index in [0.717, 1.165) is 24.0 Å². The Kier molecular flexibility index (Phi) is 6.07. The molecule has 38 heavy (non-hydrogen) atoms. The van der Waals surface area contributed by atoms with Crippen molar-refractivity contribution in [3.8, 4) is 11.5 Å². The first-order chi connectivity index (χ1) is 18.4. The van der Waals surface area contributed by atoms with Crippen LogP contribution in [0.4, 0.5) is 5.69 Å². The molecule has 0 bridgehead atoms. The number of para-hydroxylation sites is 1. The van der Waals surface area contributed by atoms with Gasteiger partial charge in [-0.3, -0.25) is 19.8 Å². The third-order valence-corrected chi connectivity index (χ3v) is 8.26. The monoisotopic (exact) mass is 513 g/mol. The van der Waals surface area contributed by atoms with Gasteiger partial charge in [-0.2, -0.15) is 0 Å². The van der Waals surface area contributed by atoms with Gasteiger partial charge in [0.05, 0.1) is 12.5 Å². The van der Waals surface area contributed by atoms with Crippen molar-refractivity contribution in [1.82, 2.24) is 4.90 Å². The van der Waals surface area contributed by atoms with Crippen LogP contribution in [0.15, 0.2) is 66.7 Å². The van der Waals surface area contributed by atoms with Crippen molar-refractivity contribution in [2.75, 3.05) is 18.5 Å². The lowest BCUT2D eigenvalue weighted by molar-refractivity contribution is -0.534. The van der Waals surface area contributed by atoms with Gasteiger partial charge in [-0.1, -0.05) is 54.1 Å². The second-order valence-corrected chi connectivity index (χ2v) is 10.3. The van der Waals surface area contributed by atoms with Crippen LogP contribution in [-0.2, 0) is 16.9 Å². The lowest BCUT2D eigenvalue weighted by Crippen LogP contribution is -2.55. The van der Waals surface area contributed by atoms with E-state index in [0.29, 0.717) is 42.5 Å². The van der Waals surface area contributed by atoms with E-state index in [2.05, 4.69) is 10.2 Å². The number of carbonyl (C=O) groups excluding carboxylic acids is 1. The molecule has 1 N–H and O–H groups in total. The Morgan fingerprint density at radius 3 is 2.63 bits per heavy atom. The zero-order valence-electron chi connectivity index (χ0n) is 21.6. The fraction of sp³-hybridized carbons (Fsp3) is 0.367. The number of benzene rings is 3. The Hall–Kier alpha value is -3.91. The first kappa shape index (κ1) is 24.4. The zero-order valence-corrected chi connectivity index (χ0v) is 21.6. The van der Waals surface area contributed by atoms with Gasteiger partial charge in [0.25, 0.3) is 11.9 Å². The van der Waals surface area contributed by atoms with Crippen molar-refractivity contribution in [3.05, 3.63) is 99.1 Å². The topological polar surface area (TPSA) is 93.9 Å². The average Bonchev–Trinajstić information content (AvgIpc) is 3.57. The van der Waals surface area contributed by atoms with Crippen LogP contribution in [0.3, 0.4) is 0 Å². The third-order valence-electron chi connectivity index (χ3n) is 8.26. The average molecular weight is 514 g/mol. The van der Waals surface area contributed by atoms with Gasteiger partial charge in [0.2, 0.25) is 0 Å². The number of amides is 1. The minimum atomic E-state index is -1.34. The molecule has 196 valence electrons. The fourth-order valence-corrected chi connectivity index (χ4v) is 6.74. The van der Waals surface area contributed by atoms with E-state index in [4.69, 9.17) is 9.47 Å². The molecule has 0 unspecified atom stereocenters. The molecule has 0 radical (unpaired) electrons. The molecule has 0 aliphatic carbocycles. The Morgan fingerprint density at radius 2 is 1.87 bits per heavy atom. The molecule has 2 fully saturated rings. The second kappa shape index (κ2) is 9.44. The standard InChI is InChI=1S/C30H31N3O5/c1-3-37-26-17-21(14-15-25(26)38-18-20-12-10-19(2)11-13-20)27-24-9-6-16-32(24)30(28(27)33(35)36)22-7-4-5-8-23(22)31-29(30)34/h4-5,7-8,10-15,17,24,27-28H,3,6,9,16,18H2,1-2H3,(H,31,34)/t24-,27+,28-,30+/m0/s1. The summed E-state index contributed by atoms with van der Waals surface area (Å²) in [5.74, 6) is 0.363. The van der Waals surface area contributed by atoms with E-state index in [1.807, 2.05) is 80.6 Å². The van der Waals surface area contributed by atoms with E-state index in [9.17, 15) is 14.9 Å². The van der Waals surface area contributed by atoms with Crippen LogP contribution in [0.5, 0.6) is 11.5 Å². The predicted molar refractivity (Wildman–Crippen MR) is 143 cm³/mol. The van der Waals surface area contributed by atoms with Gasteiger partial charge in [0.1, 0.15) is 6.61 Å². The summed E-state index contributed by atoms with van der Waals surface area (Å²) in [5.41, 5.74) is 3.04. The fourth-order valence-electron chi connectivity index (χ4n) is 6.74. The summed E-state index contributed by atoms with van der Waals surface area (Å²) in [5, 5.41) is 15.8. The van der Waals surface area contributed by atoms with Gasteiger partial charge in [-0.25, -0.2) is 0 Å². The SMILES string of the molecule is CCOc1cc([C@H]2[C@H]([N+](=O)[O-])[C@]3(C(=O)Nc4ccccc43)N3CCC[C@@H]23)ccc1OCc1ccc(C)cc1. The number of nitrogens with one attached hydrogen (secondary N) is 1. The molecule has 3 aromatic rings. The third kappa shape index (κ3) is 3.66. The number of anilines is 1. The maximum atomic E-state index is 13.7. The highest BCUT2D eigenvalue weighted by molar-refractivity contribution is 6.07. The van der Waals surface area contributed by atoms with Crippen LogP contribution >= 0.6 is 0 Å². The molecule has 8 nitrogen and oxygen atoms in total. The first-order valence-electron chi connectivity index (χ1n) is 13.2. The van der Waals surface area contributed by atoms with Crippen LogP contribution in [0, 0.1) is 17.0 Å². The summed E-state index contributed by atoms with van der Waals surface area (Å²) in [6, 6.07) is 19.9. The maximum absolute atomic E-state index is 13.7. The van der Waals surface area contributed by atoms with Crippen LogP contribution in [0.2, 0.25) is 0 Å². The highest BCUT2D eigenvalue weighted by Gasteiger charge is 2.73. The predicted octanol–water partition coefficient (Wildman–Crippen LogP) is 5.03. The summed E-state index contributed by atoms with van der Waals surface area (Å²) >= 11 is 0. The highest BCUT2D eigenvalue weighted by atomic mass is 16.6. The highest BCUT2D eigenvalue weighted by Crippen LogP contribution is 2.58. The van der Waals surface area contributed by atoms with Gasteiger partial charge >= 0.3 is 0 Å². The number of nitrogens with zero attached hydrogens (tertiary/aromatic N) is 2. The number of aryl methyl sites for hydroxylation is 1. The van der Waals surface area contributed by atoms with E-state index in [1.54, 1.807) is 0 Å². The minimum absolute atomic E-state index is 0.129. The summed E-state index contributed by atoms with van der Waals surface area (Å²) in [6.07, 6.45) is 1.68. The maximum Gasteiger partial charge on any atom is 0.256 e. The lowest BCUT2D eigenvalue weighted by atomic mass is 9.77. The second-order valence-electron chi connectivity index (χ2n) is 10.3. The van der Waals surface area contributed by atoms with Gasteiger partial charge in [0.15, 0.2) is 17.0 Å². The van der Waals surface area contributed by atoms with Gasteiger partial charge in [-0.15, -0.1) is 0 Å².